The number of hydrogen-bond donors (Lipinski definition) is 0. The highest BCUT2D eigenvalue weighted by Gasteiger charge is 2.29. The van der Waals surface area contributed by atoms with Crippen LogP contribution in [0.1, 0.15) is 24.3 Å². The highest BCUT2D eigenvalue weighted by molar-refractivity contribution is 9.10. The molecule has 2 aliphatic rings. The first kappa shape index (κ1) is 10.1. The number of rotatable bonds is 1. The quantitative estimate of drug-likeness (QED) is 0.792. The molecule has 1 aromatic carbocycles. The third-order valence-corrected chi connectivity index (χ3v) is 3.87. The summed E-state index contributed by atoms with van der Waals surface area (Å²) in [4.78, 5) is 13.2. The van der Waals surface area contributed by atoms with E-state index in [0.29, 0.717) is 5.92 Å². The Hall–Kier alpha value is -1.03. The van der Waals surface area contributed by atoms with Crippen molar-refractivity contribution in [1.29, 1.82) is 0 Å². The number of ether oxygens (including phenoxy) is 1. The molecule has 0 radical (unpaired) electrons. The van der Waals surface area contributed by atoms with Gasteiger partial charge in [-0.05, 0) is 36.5 Å². The molecule has 0 bridgehead atoms. The van der Waals surface area contributed by atoms with Crippen molar-refractivity contribution in [2.45, 2.75) is 18.8 Å². The lowest BCUT2D eigenvalue weighted by Crippen LogP contribution is -2.35. The van der Waals surface area contributed by atoms with E-state index in [2.05, 4.69) is 22.0 Å². The van der Waals surface area contributed by atoms with Gasteiger partial charge in [-0.15, -0.1) is 0 Å². The summed E-state index contributed by atoms with van der Waals surface area (Å²) in [6.07, 6.45) is 2.49. The van der Waals surface area contributed by atoms with Gasteiger partial charge in [0, 0.05) is 11.5 Å². The molecule has 3 nitrogen and oxygen atoms in total. The highest BCUT2D eigenvalue weighted by Crippen LogP contribution is 2.47. The van der Waals surface area contributed by atoms with Crippen LogP contribution in [0.5, 0.6) is 5.75 Å². The number of likely N-dealkylation sites (N-methyl/N-ethyl adjacent to an activating group) is 1. The molecular formula is C12H12BrNO2. The van der Waals surface area contributed by atoms with E-state index in [-0.39, 0.29) is 12.5 Å². The van der Waals surface area contributed by atoms with Gasteiger partial charge < -0.3 is 9.64 Å². The Labute approximate surface area is 103 Å². The fraction of sp³-hybridized carbons (Fsp3) is 0.417. The minimum atomic E-state index is 0.0107. The zero-order valence-electron chi connectivity index (χ0n) is 9.00. The van der Waals surface area contributed by atoms with E-state index in [9.17, 15) is 4.79 Å². The Morgan fingerprint density at radius 3 is 2.88 bits per heavy atom. The molecule has 1 saturated carbocycles. The van der Waals surface area contributed by atoms with Crippen LogP contribution in [-0.2, 0) is 4.79 Å². The van der Waals surface area contributed by atoms with Crippen LogP contribution in [0.3, 0.4) is 0 Å². The summed E-state index contributed by atoms with van der Waals surface area (Å²) >= 11 is 3.57. The molecule has 1 aliphatic heterocycles. The molecule has 0 aromatic heterocycles. The average molecular weight is 282 g/mol. The molecule has 1 fully saturated rings. The summed E-state index contributed by atoms with van der Waals surface area (Å²) < 4.78 is 6.51. The first-order chi connectivity index (χ1) is 7.66. The Morgan fingerprint density at radius 1 is 1.44 bits per heavy atom. The predicted octanol–water partition coefficient (Wildman–Crippen LogP) is 2.68. The second-order valence-corrected chi connectivity index (χ2v) is 5.21. The van der Waals surface area contributed by atoms with Crippen molar-refractivity contribution in [2.75, 3.05) is 18.6 Å². The van der Waals surface area contributed by atoms with Crippen LogP contribution < -0.4 is 9.64 Å². The number of carbonyl (C=O) groups excluding carboxylic acids is 1. The van der Waals surface area contributed by atoms with Gasteiger partial charge in [-0.25, -0.2) is 0 Å². The Bertz CT molecular complexity index is 468. The molecule has 1 aliphatic carbocycles. The molecule has 84 valence electrons. The lowest BCUT2D eigenvalue weighted by atomic mass is 10.1. The van der Waals surface area contributed by atoms with E-state index in [1.807, 2.05) is 6.07 Å². The third kappa shape index (κ3) is 1.52. The van der Waals surface area contributed by atoms with Crippen molar-refractivity contribution in [3.8, 4) is 5.75 Å². The number of hydrogen-bond acceptors (Lipinski definition) is 2. The normalized spacial score (nSPS) is 19.4. The van der Waals surface area contributed by atoms with Crippen LogP contribution in [0.15, 0.2) is 16.6 Å². The van der Waals surface area contributed by atoms with Gasteiger partial charge in [0.25, 0.3) is 5.91 Å². The third-order valence-electron chi connectivity index (χ3n) is 3.18. The Morgan fingerprint density at radius 2 is 2.19 bits per heavy atom. The number of anilines is 1. The van der Waals surface area contributed by atoms with Gasteiger partial charge >= 0.3 is 0 Å². The maximum atomic E-state index is 11.5. The molecule has 3 rings (SSSR count). The summed E-state index contributed by atoms with van der Waals surface area (Å²) in [5.74, 6) is 1.46. The van der Waals surface area contributed by atoms with E-state index in [0.717, 1.165) is 15.9 Å². The maximum absolute atomic E-state index is 11.5. The lowest BCUT2D eigenvalue weighted by Gasteiger charge is -2.27. The molecule has 0 atom stereocenters. The van der Waals surface area contributed by atoms with Crippen molar-refractivity contribution < 1.29 is 9.53 Å². The summed E-state index contributed by atoms with van der Waals surface area (Å²) in [6.45, 7) is 0.138. The second-order valence-electron chi connectivity index (χ2n) is 4.36. The van der Waals surface area contributed by atoms with E-state index in [4.69, 9.17) is 4.74 Å². The van der Waals surface area contributed by atoms with Gasteiger partial charge in [0.05, 0.1) is 5.69 Å². The van der Waals surface area contributed by atoms with E-state index in [1.165, 1.54) is 18.4 Å². The molecule has 4 heteroatoms. The van der Waals surface area contributed by atoms with Crippen molar-refractivity contribution in [1.82, 2.24) is 0 Å². The largest absolute Gasteiger partial charge is 0.482 e. The molecule has 0 spiro atoms. The first-order valence-electron chi connectivity index (χ1n) is 5.39. The summed E-state index contributed by atoms with van der Waals surface area (Å²) in [7, 11) is 1.80. The molecule has 0 unspecified atom stereocenters. The second kappa shape index (κ2) is 3.48. The number of halogens is 1. The topological polar surface area (TPSA) is 29.5 Å². The number of benzene rings is 1. The van der Waals surface area contributed by atoms with Crippen LogP contribution in [0.25, 0.3) is 0 Å². The minimum Gasteiger partial charge on any atom is -0.482 e. The van der Waals surface area contributed by atoms with E-state index in [1.54, 1.807) is 11.9 Å². The average Bonchev–Trinajstić information content (AvgIpc) is 3.07. The predicted molar refractivity (Wildman–Crippen MR) is 65.0 cm³/mol. The van der Waals surface area contributed by atoms with Gasteiger partial charge in [0.1, 0.15) is 5.75 Å². The van der Waals surface area contributed by atoms with Crippen molar-refractivity contribution >= 4 is 27.5 Å². The molecule has 0 N–H and O–H groups in total. The highest BCUT2D eigenvalue weighted by atomic mass is 79.9. The molecule has 0 saturated heterocycles. The smallest absolute Gasteiger partial charge is 0.264 e. The van der Waals surface area contributed by atoms with E-state index < -0.39 is 0 Å². The van der Waals surface area contributed by atoms with Crippen molar-refractivity contribution in [2.24, 2.45) is 0 Å². The SMILES string of the molecule is CN1C(=O)COc2cc(Br)c(C3CC3)cc21. The number of nitrogens with zero attached hydrogens (tertiary/aromatic N) is 1. The molecule has 1 heterocycles. The van der Waals surface area contributed by atoms with Crippen molar-refractivity contribution in [3.05, 3.63) is 22.2 Å². The zero-order chi connectivity index (χ0) is 11.3. The van der Waals surface area contributed by atoms with Gasteiger partial charge in [0.15, 0.2) is 6.61 Å². The Balaban J connectivity index is 2.10. The lowest BCUT2D eigenvalue weighted by molar-refractivity contribution is -0.120. The van der Waals surface area contributed by atoms with Crippen LogP contribution in [0.4, 0.5) is 5.69 Å². The summed E-state index contributed by atoms with van der Waals surface area (Å²) in [5, 5.41) is 0. The fourth-order valence-electron chi connectivity index (χ4n) is 2.02. The summed E-state index contributed by atoms with van der Waals surface area (Å²) in [6, 6.07) is 4.06. The fourth-order valence-corrected chi connectivity index (χ4v) is 2.66. The van der Waals surface area contributed by atoms with Gasteiger partial charge in [0.2, 0.25) is 0 Å². The maximum Gasteiger partial charge on any atom is 0.264 e. The first-order valence-corrected chi connectivity index (χ1v) is 6.19. The Kier molecular flexibility index (Phi) is 2.21. The standard InChI is InChI=1S/C12H12BrNO2/c1-14-10-4-8(7-2-3-7)9(13)5-11(10)16-6-12(14)15/h4-5,7H,2-3,6H2,1H3. The number of carbonyl (C=O) groups is 1. The van der Waals surface area contributed by atoms with Crippen LogP contribution >= 0.6 is 15.9 Å². The van der Waals surface area contributed by atoms with Gasteiger partial charge in [-0.3, -0.25) is 4.79 Å². The van der Waals surface area contributed by atoms with E-state index >= 15 is 0 Å². The van der Waals surface area contributed by atoms with Gasteiger partial charge in [-0.2, -0.15) is 0 Å². The minimum absolute atomic E-state index is 0.0107. The van der Waals surface area contributed by atoms with Crippen molar-refractivity contribution in [3.63, 3.8) is 0 Å². The summed E-state index contributed by atoms with van der Waals surface area (Å²) in [5.41, 5.74) is 2.19. The van der Waals surface area contributed by atoms with Crippen LogP contribution in [0.2, 0.25) is 0 Å². The molecule has 1 aromatic rings. The van der Waals surface area contributed by atoms with Crippen LogP contribution in [-0.4, -0.2) is 19.6 Å². The van der Waals surface area contributed by atoms with Crippen LogP contribution in [0, 0.1) is 0 Å². The number of fused-ring (bicyclic) bond motifs is 1. The van der Waals surface area contributed by atoms with Gasteiger partial charge in [-0.1, -0.05) is 15.9 Å². The molecule has 1 amide bonds. The molecular weight excluding hydrogens is 270 g/mol. The zero-order valence-corrected chi connectivity index (χ0v) is 10.6. The molecule has 16 heavy (non-hydrogen) atoms. The monoisotopic (exact) mass is 281 g/mol. The number of amides is 1.